The van der Waals surface area contributed by atoms with Crippen molar-refractivity contribution in [3.8, 4) is 12.1 Å². The average molecular weight is 234 g/mol. The summed E-state index contributed by atoms with van der Waals surface area (Å²) in [4.78, 5) is 0. The zero-order chi connectivity index (χ0) is 13.1. The Labute approximate surface area is 108 Å². The summed E-state index contributed by atoms with van der Waals surface area (Å²) in [5.41, 5.74) is 2.17. The summed E-state index contributed by atoms with van der Waals surface area (Å²) in [6.07, 6.45) is 1.03. The quantitative estimate of drug-likeness (QED) is 0.798. The molecule has 0 radical (unpaired) electrons. The van der Waals surface area contributed by atoms with Crippen LogP contribution in [0.25, 0.3) is 0 Å². The Balaban J connectivity index is 0.000000180. The van der Waals surface area contributed by atoms with Crippen LogP contribution >= 0.6 is 0 Å². The fourth-order valence-corrected chi connectivity index (χ4v) is 1.37. The van der Waals surface area contributed by atoms with Crippen LogP contribution in [0.3, 0.4) is 0 Å². The van der Waals surface area contributed by atoms with Crippen molar-refractivity contribution in [2.24, 2.45) is 0 Å². The number of hydrogen-bond donors (Lipinski definition) is 0. The molecule has 0 heterocycles. The first-order chi connectivity index (χ1) is 8.86. The summed E-state index contributed by atoms with van der Waals surface area (Å²) in [6, 6.07) is 23.6. The molecule has 18 heavy (non-hydrogen) atoms. The zero-order valence-corrected chi connectivity index (χ0v) is 10.1. The molecule has 0 fully saturated rings. The Bertz CT molecular complexity index is 467. The van der Waals surface area contributed by atoms with E-state index in [2.05, 4.69) is 12.1 Å². The summed E-state index contributed by atoms with van der Waals surface area (Å²) in [5.74, 6) is 0. The van der Waals surface area contributed by atoms with Crippen molar-refractivity contribution in [1.29, 1.82) is 10.5 Å². The minimum Gasteiger partial charge on any atom is -0.198 e. The van der Waals surface area contributed by atoms with E-state index in [4.69, 9.17) is 10.5 Å². The van der Waals surface area contributed by atoms with Gasteiger partial charge in [-0.25, -0.2) is 0 Å². The molecule has 0 bridgehead atoms. The van der Waals surface area contributed by atoms with Crippen LogP contribution in [-0.2, 0) is 12.8 Å². The number of hydrogen-bond acceptors (Lipinski definition) is 2. The number of rotatable bonds is 2. The standard InChI is InChI=1S/2C8H7N/c2*9-7-6-8-4-2-1-3-5-8/h2*1-5H,6H2. The van der Waals surface area contributed by atoms with Crippen molar-refractivity contribution < 1.29 is 0 Å². The van der Waals surface area contributed by atoms with E-state index in [9.17, 15) is 0 Å². The molecule has 2 nitrogen and oxygen atoms in total. The van der Waals surface area contributed by atoms with Gasteiger partial charge in [-0.2, -0.15) is 10.5 Å². The smallest absolute Gasteiger partial charge is 0.0669 e. The molecule has 0 amide bonds. The van der Waals surface area contributed by atoms with Gasteiger partial charge in [-0.05, 0) is 11.1 Å². The van der Waals surface area contributed by atoms with E-state index in [0.29, 0.717) is 12.8 Å². The lowest BCUT2D eigenvalue weighted by atomic mass is 10.2. The lowest BCUT2D eigenvalue weighted by molar-refractivity contribution is 1.26. The Morgan fingerprint density at radius 3 is 1.22 bits per heavy atom. The third-order valence-corrected chi connectivity index (χ3v) is 2.25. The highest BCUT2D eigenvalue weighted by Gasteiger charge is 1.85. The van der Waals surface area contributed by atoms with Gasteiger partial charge < -0.3 is 0 Å². The topological polar surface area (TPSA) is 47.6 Å². The van der Waals surface area contributed by atoms with Gasteiger partial charge in [0.25, 0.3) is 0 Å². The summed E-state index contributed by atoms with van der Waals surface area (Å²) >= 11 is 0. The Morgan fingerprint density at radius 1 is 0.611 bits per heavy atom. The molecule has 2 rings (SSSR count). The molecule has 0 saturated carbocycles. The van der Waals surface area contributed by atoms with Gasteiger partial charge in [0, 0.05) is 0 Å². The highest BCUT2D eigenvalue weighted by molar-refractivity contribution is 5.18. The van der Waals surface area contributed by atoms with E-state index >= 15 is 0 Å². The van der Waals surface area contributed by atoms with Crippen molar-refractivity contribution >= 4 is 0 Å². The number of nitrogens with zero attached hydrogens (tertiary/aromatic N) is 2. The van der Waals surface area contributed by atoms with Crippen LogP contribution in [-0.4, -0.2) is 0 Å². The van der Waals surface area contributed by atoms with Crippen LogP contribution in [0.4, 0.5) is 0 Å². The van der Waals surface area contributed by atoms with Crippen molar-refractivity contribution in [2.75, 3.05) is 0 Å². The SMILES string of the molecule is N#CCc1ccccc1.N#CCc1ccccc1. The predicted octanol–water partition coefficient (Wildman–Crippen LogP) is 3.51. The third kappa shape index (κ3) is 5.49. The predicted molar refractivity (Wildman–Crippen MR) is 71.5 cm³/mol. The second-order valence-electron chi connectivity index (χ2n) is 3.64. The maximum absolute atomic E-state index is 8.27. The van der Waals surface area contributed by atoms with Crippen LogP contribution in [0.2, 0.25) is 0 Å². The molecule has 0 aliphatic heterocycles. The van der Waals surface area contributed by atoms with E-state index in [-0.39, 0.29) is 0 Å². The van der Waals surface area contributed by atoms with E-state index in [1.165, 1.54) is 0 Å². The van der Waals surface area contributed by atoms with E-state index in [0.717, 1.165) is 11.1 Å². The lowest BCUT2D eigenvalue weighted by Crippen LogP contribution is -1.76. The van der Waals surface area contributed by atoms with Crippen LogP contribution in [0.5, 0.6) is 0 Å². The minimum atomic E-state index is 0.515. The summed E-state index contributed by atoms with van der Waals surface area (Å²) < 4.78 is 0. The number of nitriles is 2. The van der Waals surface area contributed by atoms with E-state index < -0.39 is 0 Å². The molecule has 0 N–H and O–H groups in total. The van der Waals surface area contributed by atoms with Gasteiger partial charge in [0.05, 0.1) is 25.0 Å². The monoisotopic (exact) mass is 234 g/mol. The Kier molecular flexibility index (Phi) is 6.41. The summed E-state index contributed by atoms with van der Waals surface area (Å²) in [6.45, 7) is 0. The molecule has 2 aromatic carbocycles. The molecule has 0 atom stereocenters. The molecule has 2 aromatic rings. The minimum absolute atomic E-state index is 0.515. The van der Waals surface area contributed by atoms with Crippen molar-refractivity contribution in [1.82, 2.24) is 0 Å². The molecule has 0 unspecified atom stereocenters. The Morgan fingerprint density at radius 2 is 0.944 bits per heavy atom. The molecule has 88 valence electrons. The van der Waals surface area contributed by atoms with Crippen molar-refractivity contribution in [3.63, 3.8) is 0 Å². The van der Waals surface area contributed by atoms with Gasteiger partial charge in [-0.15, -0.1) is 0 Å². The maximum Gasteiger partial charge on any atom is 0.0669 e. The van der Waals surface area contributed by atoms with Crippen LogP contribution in [0, 0.1) is 22.7 Å². The largest absolute Gasteiger partial charge is 0.198 e. The molecular weight excluding hydrogens is 220 g/mol. The van der Waals surface area contributed by atoms with Crippen LogP contribution in [0.15, 0.2) is 60.7 Å². The number of benzene rings is 2. The highest BCUT2D eigenvalue weighted by Crippen LogP contribution is 1.97. The van der Waals surface area contributed by atoms with Crippen LogP contribution in [0.1, 0.15) is 11.1 Å². The lowest BCUT2D eigenvalue weighted by Gasteiger charge is -1.88. The second kappa shape index (κ2) is 8.56. The van der Waals surface area contributed by atoms with Crippen LogP contribution < -0.4 is 0 Å². The van der Waals surface area contributed by atoms with Crippen molar-refractivity contribution in [2.45, 2.75) is 12.8 Å². The van der Waals surface area contributed by atoms with Gasteiger partial charge in [-0.3, -0.25) is 0 Å². The van der Waals surface area contributed by atoms with Gasteiger partial charge >= 0.3 is 0 Å². The molecular formula is C16H14N2. The normalized spacial score (nSPS) is 8.33. The first kappa shape index (κ1) is 13.5. The summed E-state index contributed by atoms with van der Waals surface area (Å²) in [7, 11) is 0. The van der Waals surface area contributed by atoms with Gasteiger partial charge in [-0.1, -0.05) is 60.7 Å². The first-order valence-corrected chi connectivity index (χ1v) is 5.68. The average Bonchev–Trinajstić information content (AvgIpc) is 2.43. The summed E-state index contributed by atoms with van der Waals surface area (Å²) in [5, 5.41) is 16.5. The fraction of sp³-hybridized carbons (Fsp3) is 0.125. The van der Waals surface area contributed by atoms with Gasteiger partial charge in [0.1, 0.15) is 0 Å². The Hall–Kier alpha value is -2.58. The van der Waals surface area contributed by atoms with Gasteiger partial charge in [0.2, 0.25) is 0 Å². The molecule has 0 aliphatic carbocycles. The fourth-order valence-electron chi connectivity index (χ4n) is 1.37. The third-order valence-electron chi connectivity index (χ3n) is 2.25. The molecule has 2 heteroatoms. The highest BCUT2D eigenvalue weighted by atomic mass is 14.2. The van der Waals surface area contributed by atoms with Gasteiger partial charge in [0.15, 0.2) is 0 Å². The van der Waals surface area contributed by atoms with Crippen molar-refractivity contribution in [3.05, 3.63) is 71.8 Å². The first-order valence-electron chi connectivity index (χ1n) is 5.68. The molecule has 0 aromatic heterocycles. The maximum atomic E-state index is 8.27. The molecule has 0 saturated heterocycles. The molecule has 0 spiro atoms. The molecule has 0 aliphatic rings. The van der Waals surface area contributed by atoms with E-state index in [1.807, 2.05) is 60.7 Å². The van der Waals surface area contributed by atoms with E-state index in [1.54, 1.807) is 0 Å². The zero-order valence-electron chi connectivity index (χ0n) is 10.1. The second-order valence-corrected chi connectivity index (χ2v) is 3.64.